The van der Waals surface area contributed by atoms with Gasteiger partial charge in [0, 0.05) is 10.2 Å². The summed E-state index contributed by atoms with van der Waals surface area (Å²) in [7, 11) is -1.37. The molecule has 0 saturated carbocycles. The highest BCUT2D eigenvalue weighted by atomic mass is 32.2. The molecule has 0 aliphatic rings. The van der Waals surface area contributed by atoms with Crippen LogP contribution < -0.4 is 4.72 Å². The Hall–Kier alpha value is -1.34. The van der Waals surface area contributed by atoms with Crippen LogP contribution >= 0.6 is 0 Å². The Morgan fingerprint density at radius 1 is 1.42 bits per heavy atom. The van der Waals surface area contributed by atoms with Crippen molar-refractivity contribution >= 4 is 11.0 Å². The minimum atomic E-state index is -1.37. The average molecular weight is 288 g/mol. The second kappa shape index (κ2) is 7.30. The molecule has 19 heavy (non-hydrogen) atoms. The summed E-state index contributed by atoms with van der Waals surface area (Å²) in [6.45, 7) is 3.30. The summed E-state index contributed by atoms with van der Waals surface area (Å²) in [5, 5.41) is 10.6. The number of nitro groups is 1. The first kappa shape index (κ1) is 15.7. The number of hydrogen-bond donors (Lipinski definition) is 1. The Morgan fingerprint density at radius 2 is 2.00 bits per heavy atom. The molecule has 0 radical (unpaired) electrons. The van der Waals surface area contributed by atoms with Gasteiger partial charge in [-0.2, -0.15) is 0 Å². The molecule has 3 unspecified atom stereocenters. The van der Waals surface area contributed by atoms with E-state index in [0.717, 1.165) is 0 Å². The van der Waals surface area contributed by atoms with E-state index in [-0.39, 0.29) is 5.25 Å². The van der Waals surface area contributed by atoms with Gasteiger partial charge in [-0.1, -0.05) is 19.1 Å². The Balaban J connectivity index is 2.85. The first-order valence-corrected chi connectivity index (χ1v) is 7.19. The molecule has 0 aliphatic carbocycles. The fourth-order valence-electron chi connectivity index (χ4n) is 1.46. The minimum absolute atomic E-state index is 0.102. The normalized spacial score (nSPS) is 15.7. The van der Waals surface area contributed by atoms with Crippen molar-refractivity contribution in [3.05, 3.63) is 45.8 Å². The summed E-state index contributed by atoms with van der Waals surface area (Å²) in [6.07, 6.45) is 0.703. The van der Waals surface area contributed by atoms with Crippen LogP contribution in [0.25, 0.3) is 0 Å². The molecule has 7 heteroatoms. The van der Waals surface area contributed by atoms with Gasteiger partial charge in [-0.15, -0.1) is 0 Å². The zero-order valence-corrected chi connectivity index (χ0v) is 11.7. The van der Waals surface area contributed by atoms with Gasteiger partial charge in [-0.05, 0) is 31.0 Å². The SMILES string of the molecule is CCC(C)S(=O)NC(C[N+](=O)[O-])c1ccc(F)cc1. The number of rotatable bonds is 7. The van der Waals surface area contributed by atoms with Crippen molar-refractivity contribution in [2.24, 2.45) is 0 Å². The third-order valence-corrected chi connectivity index (χ3v) is 4.38. The molecule has 1 aromatic rings. The van der Waals surface area contributed by atoms with Crippen LogP contribution in [0.15, 0.2) is 24.3 Å². The van der Waals surface area contributed by atoms with Crippen molar-refractivity contribution in [1.29, 1.82) is 0 Å². The maximum atomic E-state index is 12.8. The molecule has 0 saturated heterocycles. The third-order valence-electron chi connectivity index (χ3n) is 2.80. The monoisotopic (exact) mass is 288 g/mol. The molecular weight excluding hydrogens is 271 g/mol. The molecule has 0 bridgehead atoms. The zero-order chi connectivity index (χ0) is 14.4. The minimum Gasteiger partial charge on any atom is -0.264 e. The Kier molecular flexibility index (Phi) is 6.04. The molecule has 1 rings (SSSR count). The fraction of sp³-hybridized carbons (Fsp3) is 0.500. The molecule has 0 aliphatic heterocycles. The van der Waals surface area contributed by atoms with Crippen LogP contribution in [0.5, 0.6) is 0 Å². The summed E-state index contributed by atoms with van der Waals surface area (Å²) < 4.78 is 27.5. The first-order valence-electron chi connectivity index (χ1n) is 5.98. The number of nitrogens with zero attached hydrogens (tertiary/aromatic N) is 1. The summed E-state index contributed by atoms with van der Waals surface area (Å²) in [5.41, 5.74) is 0.551. The van der Waals surface area contributed by atoms with Crippen LogP contribution in [0.2, 0.25) is 0 Å². The van der Waals surface area contributed by atoms with Crippen LogP contribution in [-0.4, -0.2) is 20.9 Å². The van der Waals surface area contributed by atoms with Gasteiger partial charge in [0.2, 0.25) is 6.54 Å². The van der Waals surface area contributed by atoms with Gasteiger partial charge in [-0.3, -0.25) is 10.1 Å². The molecule has 1 N–H and O–H groups in total. The highest BCUT2D eigenvalue weighted by Crippen LogP contribution is 2.15. The van der Waals surface area contributed by atoms with Crippen LogP contribution in [0, 0.1) is 15.9 Å². The van der Waals surface area contributed by atoms with E-state index < -0.39 is 34.3 Å². The van der Waals surface area contributed by atoms with E-state index in [2.05, 4.69) is 4.72 Å². The molecule has 5 nitrogen and oxygen atoms in total. The Bertz CT molecular complexity index is 453. The van der Waals surface area contributed by atoms with Crippen molar-refractivity contribution in [3.63, 3.8) is 0 Å². The summed E-state index contributed by atoms with van der Waals surface area (Å²) in [6, 6.07) is 4.70. The lowest BCUT2D eigenvalue weighted by Gasteiger charge is -2.17. The topological polar surface area (TPSA) is 72.2 Å². The molecule has 0 fully saturated rings. The molecule has 3 atom stereocenters. The molecular formula is C12H17FN2O3S. The van der Waals surface area contributed by atoms with Gasteiger partial charge in [-0.25, -0.2) is 13.3 Å². The van der Waals surface area contributed by atoms with E-state index in [0.29, 0.717) is 12.0 Å². The highest BCUT2D eigenvalue weighted by molar-refractivity contribution is 7.83. The average Bonchev–Trinajstić information content (AvgIpc) is 2.37. The number of halogens is 1. The van der Waals surface area contributed by atoms with Gasteiger partial charge < -0.3 is 0 Å². The third kappa shape index (κ3) is 5.04. The van der Waals surface area contributed by atoms with Crippen LogP contribution in [-0.2, 0) is 11.0 Å². The van der Waals surface area contributed by atoms with Crippen molar-refractivity contribution in [2.45, 2.75) is 31.6 Å². The van der Waals surface area contributed by atoms with Gasteiger partial charge in [0.1, 0.15) is 11.9 Å². The predicted molar refractivity (Wildman–Crippen MR) is 72.0 cm³/mol. The summed E-state index contributed by atoms with van der Waals surface area (Å²) in [4.78, 5) is 10.2. The van der Waals surface area contributed by atoms with Gasteiger partial charge in [0.15, 0.2) is 0 Å². The smallest absolute Gasteiger partial charge is 0.224 e. The predicted octanol–water partition coefficient (Wildman–Crippen LogP) is 2.20. The number of benzene rings is 1. The van der Waals surface area contributed by atoms with E-state index in [9.17, 15) is 18.7 Å². The quantitative estimate of drug-likeness (QED) is 0.617. The second-order valence-corrected chi connectivity index (χ2v) is 5.89. The lowest BCUT2D eigenvalue weighted by molar-refractivity contribution is -0.483. The molecule has 0 heterocycles. The summed E-state index contributed by atoms with van der Waals surface area (Å²) >= 11 is 0. The van der Waals surface area contributed by atoms with Gasteiger partial charge in [0.05, 0.1) is 11.0 Å². The van der Waals surface area contributed by atoms with Gasteiger partial charge >= 0.3 is 0 Å². The molecule has 106 valence electrons. The maximum Gasteiger partial charge on any atom is 0.224 e. The fourth-order valence-corrected chi connectivity index (χ4v) is 2.49. The van der Waals surface area contributed by atoms with Crippen LogP contribution in [0.4, 0.5) is 4.39 Å². The molecule has 0 amide bonds. The standard InChI is InChI=1S/C12H17FN2O3S/c1-3-9(2)19(18)14-12(8-15(16)17)10-4-6-11(13)7-5-10/h4-7,9,12,14H,3,8H2,1-2H3. The van der Waals surface area contributed by atoms with Crippen LogP contribution in [0.1, 0.15) is 31.9 Å². The summed E-state index contributed by atoms with van der Waals surface area (Å²) in [5.74, 6) is -0.411. The largest absolute Gasteiger partial charge is 0.264 e. The first-order chi connectivity index (χ1) is 8.93. The Labute approximate surface area is 113 Å². The van der Waals surface area contributed by atoms with Gasteiger partial charge in [0.25, 0.3) is 0 Å². The van der Waals surface area contributed by atoms with E-state index in [1.807, 2.05) is 6.92 Å². The lowest BCUT2D eigenvalue weighted by Crippen LogP contribution is -2.33. The van der Waals surface area contributed by atoms with E-state index in [4.69, 9.17) is 0 Å². The van der Waals surface area contributed by atoms with Crippen LogP contribution in [0.3, 0.4) is 0 Å². The molecule has 0 spiro atoms. The van der Waals surface area contributed by atoms with Crippen molar-refractivity contribution in [2.75, 3.05) is 6.54 Å². The maximum absolute atomic E-state index is 12.8. The lowest BCUT2D eigenvalue weighted by atomic mass is 10.1. The number of nitrogens with one attached hydrogen (secondary N) is 1. The van der Waals surface area contributed by atoms with E-state index >= 15 is 0 Å². The zero-order valence-electron chi connectivity index (χ0n) is 10.8. The Morgan fingerprint density at radius 3 is 2.47 bits per heavy atom. The van der Waals surface area contributed by atoms with Crippen molar-refractivity contribution in [3.8, 4) is 0 Å². The second-order valence-electron chi connectivity index (χ2n) is 4.25. The van der Waals surface area contributed by atoms with Crippen molar-refractivity contribution < 1.29 is 13.5 Å². The van der Waals surface area contributed by atoms with E-state index in [1.54, 1.807) is 6.92 Å². The highest BCUT2D eigenvalue weighted by Gasteiger charge is 2.21. The molecule has 0 aromatic heterocycles. The molecule has 1 aromatic carbocycles. The number of hydrogen-bond acceptors (Lipinski definition) is 3. The van der Waals surface area contributed by atoms with E-state index in [1.165, 1.54) is 24.3 Å². The van der Waals surface area contributed by atoms with Crippen molar-refractivity contribution in [1.82, 2.24) is 4.72 Å².